The van der Waals surface area contributed by atoms with Crippen molar-refractivity contribution in [2.45, 2.75) is 66.5 Å². The average Bonchev–Trinajstić information content (AvgIpc) is 3.34. The highest BCUT2D eigenvalue weighted by molar-refractivity contribution is 6.35. The minimum atomic E-state index is -0.706. The predicted molar refractivity (Wildman–Crippen MR) is 149 cm³/mol. The number of Topliss-reactive ketones (excluding diaryl/α,β-unsaturated/α-hetero) is 1. The monoisotopic (exact) mass is 507 g/mol. The summed E-state index contributed by atoms with van der Waals surface area (Å²) in [6.07, 6.45) is 1.87. The van der Waals surface area contributed by atoms with E-state index >= 15 is 0 Å². The van der Waals surface area contributed by atoms with Crippen molar-refractivity contribution in [2.75, 3.05) is 0 Å². The van der Waals surface area contributed by atoms with E-state index < -0.39 is 11.6 Å². The van der Waals surface area contributed by atoms with Gasteiger partial charge in [0.05, 0.1) is 6.54 Å². The number of esters is 1. The summed E-state index contributed by atoms with van der Waals surface area (Å²) in [5.41, 5.74) is 7.14. The molecule has 1 aliphatic rings. The van der Waals surface area contributed by atoms with Crippen molar-refractivity contribution in [3.05, 3.63) is 99.5 Å². The number of hydrogen-bond acceptors (Lipinski definition) is 5. The zero-order chi connectivity index (χ0) is 27.2. The number of imidazole rings is 1. The van der Waals surface area contributed by atoms with Gasteiger partial charge in [0.1, 0.15) is 22.5 Å². The summed E-state index contributed by atoms with van der Waals surface area (Å²) in [6.45, 7) is 12.3. The highest BCUT2D eigenvalue weighted by Gasteiger charge is 2.36. The van der Waals surface area contributed by atoms with Gasteiger partial charge in [-0.1, -0.05) is 55.5 Å². The smallest absolute Gasteiger partial charge is 0.343 e. The molecule has 0 bridgehead atoms. The van der Waals surface area contributed by atoms with Gasteiger partial charge in [-0.25, -0.2) is 14.8 Å². The Labute approximate surface area is 223 Å². The van der Waals surface area contributed by atoms with Crippen LogP contribution in [-0.4, -0.2) is 31.9 Å². The number of nitrogens with zero attached hydrogens (tertiary/aromatic N) is 3. The molecule has 2 aromatic carbocycles. The van der Waals surface area contributed by atoms with Crippen LogP contribution in [0.15, 0.2) is 60.2 Å². The van der Waals surface area contributed by atoms with Crippen LogP contribution >= 0.6 is 0 Å². The normalized spacial score (nSPS) is 13.4. The molecule has 0 saturated heterocycles. The molecule has 0 aliphatic heterocycles. The Morgan fingerprint density at radius 1 is 0.974 bits per heavy atom. The summed E-state index contributed by atoms with van der Waals surface area (Å²) in [5, 5.41) is 0. The lowest BCUT2D eigenvalue weighted by molar-refractivity contribution is -0.149. The van der Waals surface area contributed by atoms with E-state index in [0.29, 0.717) is 17.7 Å². The maximum Gasteiger partial charge on any atom is 0.343 e. The molecule has 0 amide bonds. The van der Waals surface area contributed by atoms with Crippen LogP contribution in [0, 0.1) is 13.8 Å². The molecule has 0 fully saturated rings. The standard InChI is InChI=1S/C32H33N3O3/c1-7-10-25-34-28-19(2)17-20(3)33-30(28)35(25)18-21-13-15-22(16-14-21)26-23-11-8-9-12-24(23)29(36)27(26)31(37)38-32(4,5)6/h8-9,11-17H,7,10,18H2,1-6H3. The van der Waals surface area contributed by atoms with Gasteiger partial charge in [0.2, 0.25) is 5.78 Å². The molecule has 2 aromatic heterocycles. The van der Waals surface area contributed by atoms with Crippen LogP contribution in [0.2, 0.25) is 0 Å². The molecule has 1 aliphatic carbocycles. The predicted octanol–water partition coefficient (Wildman–Crippen LogP) is 6.39. The van der Waals surface area contributed by atoms with Crippen molar-refractivity contribution in [1.29, 1.82) is 0 Å². The number of benzene rings is 2. The Bertz CT molecular complexity index is 1600. The summed E-state index contributed by atoms with van der Waals surface area (Å²) < 4.78 is 7.83. The van der Waals surface area contributed by atoms with Gasteiger partial charge in [-0.2, -0.15) is 0 Å². The average molecular weight is 508 g/mol. The molecule has 38 heavy (non-hydrogen) atoms. The number of aromatic nitrogens is 3. The molecule has 2 heterocycles. The van der Waals surface area contributed by atoms with E-state index in [4.69, 9.17) is 14.7 Å². The summed E-state index contributed by atoms with van der Waals surface area (Å²) in [6, 6.07) is 17.5. The molecule has 0 radical (unpaired) electrons. The first-order valence-corrected chi connectivity index (χ1v) is 13.1. The van der Waals surface area contributed by atoms with E-state index in [2.05, 4.69) is 24.5 Å². The van der Waals surface area contributed by atoms with Crippen LogP contribution in [0.1, 0.15) is 78.2 Å². The molecule has 6 heteroatoms. The third-order valence-corrected chi connectivity index (χ3v) is 6.68. The Morgan fingerprint density at radius 2 is 1.66 bits per heavy atom. The van der Waals surface area contributed by atoms with Crippen molar-refractivity contribution in [2.24, 2.45) is 0 Å². The summed E-state index contributed by atoms with van der Waals surface area (Å²) in [4.78, 5) is 36.2. The number of pyridine rings is 1. The second-order valence-electron chi connectivity index (χ2n) is 10.9. The van der Waals surface area contributed by atoms with Crippen LogP contribution in [-0.2, 0) is 22.5 Å². The van der Waals surface area contributed by atoms with Crippen molar-refractivity contribution in [3.8, 4) is 0 Å². The van der Waals surface area contributed by atoms with E-state index in [1.165, 1.54) is 0 Å². The minimum Gasteiger partial charge on any atom is -0.456 e. The van der Waals surface area contributed by atoms with Gasteiger partial charge in [-0.15, -0.1) is 0 Å². The number of rotatable bonds is 6. The highest BCUT2D eigenvalue weighted by atomic mass is 16.6. The van der Waals surface area contributed by atoms with Crippen molar-refractivity contribution < 1.29 is 14.3 Å². The zero-order valence-corrected chi connectivity index (χ0v) is 22.9. The van der Waals surface area contributed by atoms with Gasteiger partial charge < -0.3 is 9.30 Å². The number of fused-ring (bicyclic) bond motifs is 2. The fourth-order valence-corrected chi connectivity index (χ4v) is 5.09. The lowest BCUT2D eigenvalue weighted by atomic mass is 9.96. The molecule has 0 spiro atoms. The molecule has 0 N–H and O–H groups in total. The number of hydrogen-bond donors (Lipinski definition) is 0. The van der Waals surface area contributed by atoms with Crippen molar-refractivity contribution in [3.63, 3.8) is 0 Å². The Hall–Kier alpha value is -4.06. The highest BCUT2D eigenvalue weighted by Crippen LogP contribution is 2.38. The fourth-order valence-electron chi connectivity index (χ4n) is 5.09. The summed E-state index contributed by atoms with van der Waals surface area (Å²) in [7, 11) is 0. The van der Waals surface area contributed by atoms with Crippen LogP contribution in [0.25, 0.3) is 16.7 Å². The molecular formula is C32H33N3O3. The number of ether oxygens (including phenoxy) is 1. The number of aryl methyl sites for hydroxylation is 3. The van der Waals surface area contributed by atoms with E-state index in [9.17, 15) is 9.59 Å². The Balaban J connectivity index is 1.55. The molecule has 0 atom stereocenters. The van der Waals surface area contributed by atoms with Crippen molar-refractivity contribution in [1.82, 2.24) is 14.5 Å². The molecule has 6 nitrogen and oxygen atoms in total. The zero-order valence-electron chi connectivity index (χ0n) is 22.9. The first-order chi connectivity index (χ1) is 18.1. The van der Waals surface area contributed by atoms with Gasteiger partial charge in [-0.3, -0.25) is 4.79 Å². The van der Waals surface area contributed by atoms with Crippen LogP contribution in [0.5, 0.6) is 0 Å². The largest absolute Gasteiger partial charge is 0.456 e. The number of carbonyl (C=O) groups is 2. The topological polar surface area (TPSA) is 74.1 Å². The Kier molecular flexibility index (Phi) is 6.51. The minimum absolute atomic E-state index is 0.0925. The maximum absolute atomic E-state index is 13.3. The van der Waals surface area contributed by atoms with Crippen LogP contribution in [0.3, 0.4) is 0 Å². The first kappa shape index (κ1) is 25.6. The van der Waals surface area contributed by atoms with Crippen LogP contribution < -0.4 is 0 Å². The molecular weight excluding hydrogens is 474 g/mol. The summed E-state index contributed by atoms with van der Waals surface area (Å²) >= 11 is 0. The third-order valence-electron chi connectivity index (χ3n) is 6.68. The lowest BCUT2D eigenvalue weighted by Crippen LogP contribution is -2.26. The third kappa shape index (κ3) is 4.67. The molecule has 0 saturated carbocycles. The van der Waals surface area contributed by atoms with Gasteiger partial charge in [0.15, 0.2) is 5.65 Å². The molecule has 5 rings (SSSR count). The second-order valence-corrected chi connectivity index (χ2v) is 10.9. The van der Waals surface area contributed by atoms with Crippen LogP contribution in [0.4, 0.5) is 0 Å². The van der Waals surface area contributed by atoms with E-state index in [1.807, 2.05) is 49.4 Å². The first-order valence-electron chi connectivity index (χ1n) is 13.1. The maximum atomic E-state index is 13.3. The molecule has 4 aromatic rings. The van der Waals surface area contributed by atoms with Gasteiger partial charge in [0, 0.05) is 23.3 Å². The van der Waals surface area contributed by atoms with E-state index in [-0.39, 0.29) is 11.4 Å². The molecule has 194 valence electrons. The SMILES string of the molecule is CCCc1nc2c(C)cc(C)nc2n1Cc1ccc(C2=C(C(=O)OC(C)(C)C)C(=O)c3ccccc32)cc1. The van der Waals surface area contributed by atoms with E-state index in [0.717, 1.165) is 57.8 Å². The Morgan fingerprint density at radius 3 is 2.32 bits per heavy atom. The molecule has 0 unspecified atom stereocenters. The fraction of sp³-hybridized carbons (Fsp3) is 0.312. The van der Waals surface area contributed by atoms with Gasteiger partial charge in [0.25, 0.3) is 0 Å². The number of ketones is 1. The second kappa shape index (κ2) is 9.67. The lowest BCUT2D eigenvalue weighted by Gasteiger charge is -2.20. The van der Waals surface area contributed by atoms with Crippen molar-refractivity contribution >= 4 is 28.5 Å². The quantitative estimate of drug-likeness (QED) is 0.223. The number of carbonyl (C=O) groups excluding carboxylic acids is 2. The van der Waals surface area contributed by atoms with Gasteiger partial charge >= 0.3 is 5.97 Å². The van der Waals surface area contributed by atoms with Gasteiger partial charge in [-0.05, 0) is 69.4 Å². The van der Waals surface area contributed by atoms with E-state index in [1.54, 1.807) is 26.8 Å². The summed E-state index contributed by atoms with van der Waals surface area (Å²) in [5.74, 6) is 0.140.